The lowest BCUT2D eigenvalue weighted by Crippen LogP contribution is -2.30. The number of phenolic OH excluding ortho intramolecular Hbond substituents is 1. The molecule has 4 aromatic rings. The number of anilines is 1. The van der Waals surface area contributed by atoms with Crippen molar-refractivity contribution in [3.8, 4) is 5.75 Å². The third-order valence-electron chi connectivity index (χ3n) is 6.23. The van der Waals surface area contributed by atoms with E-state index in [4.69, 9.17) is 11.6 Å². The van der Waals surface area contributed by atoms with Crippen molar-refractivity contribution in [2.45, 2.75) is 25.7 Å². The summed E-state index contributed by atoms with van der Waals surface area (Å²) < 4.78 is 0. The number of Topliss-reactive ketones (excluding diaryl/α,β-unsaturated/α-hetero) is 1. The molecule has 32 heavy (non-hydrogen) atoms. The number of H-pyrrole nitrogens is 1. The number of aromatic amines is 1. The number of alkyl halides is 1. The molecule has 0 bridgehead atoms. The molecule has 1 aromatic heterocycles. The molecule has 0 spiro atoms. The Balaban J connectivity index is 1.56. The van der Waals surface area contributed by atoms with Crippen LogP contribution in [-0.2, 0) is 0 Å². The van der Waals surface area contributed by atoms with Gasteiger partial charge in [0.2, 0.25) is 0 Å². The van der Waals surface area contributed by atoms with Crippen molar-refractivity contribution in [1.82, 2.24) is 4.98 Å². The summed E-state index contributed by atoms with van der Waals surface area (Å²) in [4.78, 5) is 30.6. The van der Waals surface area contributed by atoms with Crippen LogP contribution in [-0.4, -0.2) is 34.2 Å². The molecule has 1 atom stereocenters. The topological polar surface area (TPSA) is 73.4 Å². The molecule has 0 radical (unpaired) electrons. The molecule has 3 aromatic carbocycles. The minimum absolute atomic E-state index is 0.0243. The Morgan fingerprint density at radius 2 is 1.91 bits per heavy atom. The van der Waals surface area contributed by atoms with Crippen LogP contribution < -0.4 is 4.90 Å². The third-order valence-corrected chi connectivity index (χ3v) is 6.60. The Labute approximate surface area is 190 Å². The number of nitrogens with zero attached hydrogens (tertiary/aromatic N) is 1. The van der Waals surface area contributed by atoms with Crippen LogP contribution in [0, 0.1) is 0 Å². The van der Waals surface area contributed by atoms with E-state index in [0.717, 1.165) is 33.7 Å². The molecule has 1 aliphatic rings. The maximum atomic E-state index is 13.5. The van der Waals surface area contributed by atoms with Crippen molar-refractivity contribution >= 4 is 50.7 Å². The van der Waals surface area contributed by atoms with E-state index in [9.17, 15) is 14.7 Å². The smallest absolute Gasteiger partial charge is 0.274 e. The first kappa shape index (κ1) is 20.6. The van der Waals surface area contributed by atoms with Crippen LogP contribution in [0.1, 0.15) is 52.1 Å². The number of rotatable bonds is 5. The normalized spacial score (nSPS) is 15.4. The zero-order valence-electron chi connectivity index (χ0n) is 17.7. The van der Waals surface area contributed by atoms with Crippen molar-refractivity contribution in [1.29, 1.82) is 0 Å². The van der Waals surface area contributed by atoms with Gasteiger partial charge in [0.15, 0.2) is 5.78 Å². The van der Waals surface area contributed by atoms with Gasteiger partial charge in [-0.25, -0.2) is 0 Å². The minimum Gasteiger partial charge on any atom is -0.507 e. The highest BCUT2D eigenvalue weighted by molar-refractivity contribution is 6.19. The lowest BCUT2D eigenvalue weighted by atomic mass is 9.95. The standard InChI is InChI=1S/C26H23ClN2O3/c1-2-5-23(30)15-8-9-20-16(10-15)11-21(28-20)26(32)29-14-17(13-27)25-19-7-4-3-6-18(19)24(31)12-22(25)29/h3-4,6-12,17,28,31H,2,5,13-14H2,1H3/t17-/m1/s1. The Morgan fingerprint density at radius 3 is 2.66 bits per heavy atom. The first-order valence-corrected chi connectivity index (χ1v) is 11.3. The molecule has 2 heterocycles. The molecule has 1 aliphatic heterocycles. The fraction of sp³-hybridized carbons (Fsp3) is 0.231. The molecule has 0 aliphatic carbocycles. The number of amides is 1. The molecule has 0 saturated carbocycles. The van der Waals surface area contributed by atoms with Gasteiger partial charge in [-0.3, -0.25) is 9.59 Å². The molecule has 2 N–H and O–H groups in total. The van der Waals surface area contributed by atoms with Gasteiger partial charge < -0.3 is 15.0 Å². The Bertz CT molecular complexity index is 1370. The fourth-order valence-corrected chi connectivity index (χ4v) is 4.93. The number of carbonyl (C=O) groups excluding carboxylic acids is 2. The van der Waals surface area contributed by atoms with Crippen LogP contribution in [0.25, 0.3) is 21.7 Å². The predicted octanol–water partition coefficient (Wildman–Crippen LogP) is 5.99. The number of benzene rings is 3. The summed E-state index contributed by atoms with van der Waals surface area (Å²) in [5.74, 6) is 0.406. The van der Waals surface area contributed by atoms with E-state index in [-0.39, 0.29) is 23.4 Å². The third kappa shape index (κ3) is 3.24. The zero-order valence-corrected chi connectivity index (χ0v) is 18.4. The highest BCUT2D eigenvalue weighted by Gasteiger charge is 2.35. The summed E-state index contributed by atoms with van der Waals surface area (Å²) in [6.45, 7) is 2.42. The molecule has 0 unspecified atom stereocenters. The van der Waals surface area contributed by atoms with Crippen molar-refractivity contribution < 1.29 is 14.7 Å². The van der Waals surface area contributed by atoms with Gasteiger partial charge in [-0.05, 0) is 41.6 Å². The number of nitrogens with one attached hydrogen (secondary N) is 1. The summed E-state index contributed by atoms with van der Waals surface area (Å²) in [5.41, 5.74) is 3.58. The van der Waals surface area contributed by atoms with Gasteiger partial charge in [0.05, 0.1) is 5.69 Å². The fourth-order valence-electron chi connectivity index (χ4n) is 4.68. The van der Waals surface area contributed by atoms with Crippen LogP contribution >= 0.6 is 11.6 Å². The van der Waals surface area contributed by atoms with Gasteiger partial charge in [0, 0.05) is 52.7 Å². The summed E-state index contributed by atoms with van der Waals surface area (Å²) in [5, 5.41) is 13.1. The first-order valence-electron chi connectivity index (χ1n) is 10.8. The van der Waals surface area contributed by atoms with E-state index in [1.807, 2.05) is 43.3 Å². The van der Waals surface area contributed by atoms with Crippen LogP contribution in [0.5, 0.6) is 5.75 Å². The maximum absolute atomic E-state index is 13.5. The number of fused-ring (bicyclic) bond motifs is 4. The number of hydrogen-bond acceptors (Lipinski definition) is 3. The lowest BCUT2D eigenvalue weighted by Gasteiger charge is -2.17. The molecule has 6 heteroatoms. The second-order valence-electron chi connectivity index (χ2n) is 8.30. The number of carbonyl (C=O) groups is 2. The molecule has 162 valence electrons. The second kappa shape index (κ2) is 7.99. The molecular formula is C26H23ClN2O3. The first-order chi connectivity index (χ1) is 15.5. The van der Waals surface area contributed by atoms with Gasteiger partial charge in [-0.2, -0.15) is 0 Å². The summed E-state index contributed by atoms with van der Waals surface area (Å²) in [6.07, 6.45) is 1.30. The predicted molar refractivity (Wildman–Crippen MR) is 128 cm³/mol. The van der Waals surface area contributed by atoms with E-state index in [0.29, 0.717) is 35.8 Å². The van der Waals surface area contributed by atoms with E-state index < -0.39 is 0 Å². The van der Waals surface area contributed by atoms with Gasteiger partial charge in [-0.15, -0.1) is 11.6 Å². The number of aromatic hydroxyl groups is 1. The van der Waals surface area contributed by atoms with Crippen molar-refractivity contribution in [3.63, 3.8) is 0 Å². The monoisotopic (exact) mass is 446 g/mol. The van der Waals surface area contributed by atoms with Gasteiger partial charge in [0.25, 0.3) is 5.91 Å². The number of hydrogen-bond donors (Lipinski definition) is 2. The second-order valence-corrected chi connectivity index (χ2v) is 8.61. The summed E-state index contributed by atoms with van der Waals surface area (Å²) in [7, 11) is 0. The number of ketones is 1. The summed E-state index contributed by atoms with van der Waals surface area (Å²) >= 11 is 6.29. The van der Waals surface area contributed by atoms with Gasteiger partial charge in [0.1, 0.15) is 11.4 Å². The van der Waals surface area contributed by atoms with Crippen molar-refractivity contribution in [2.24, 2.45) is 0 Å². The molecular weight excluding hydrogens is 424 g/mol. The van der Waals surface area contributed by atoms with Crippen molar-refractivity contribution in [3.05, 3.63) is 71.4 Å². The average molecular weight is 447 g/mol. The molecule has 5 rings (SSSR count). The highest BCUT2D eigenvalue weighted by Crippen LogP contribution is 2.45. The maximum Gasteiger partial charge on any atom is 0.274 e. The summed E-state index contributed by atoms with van der Waals surface area (Å²) in [6, 6.07) is 16.5. The van der Waals surface area contributed by atoms with E-state index in [1.165, 1.54) is 0 Å². The molecule has 0 saturated heterocycles. The molecule has 1 amide bonds. The number of phenols is 1. The quantitative estimate of drug-likeness (QED) is 0.292. The SMILES string of the molecule is CCCC(=O)c1ccc2[nH]c(C(=O)N3C[C@@H](CCl)c4c3cc(O)c3ccccc43)cc2c1. The number of aromatic nitrogens is 1. The van der Waals surface area contributed by atoms with E-state index in [2.05, 4.69) is 4.98 Å². The average Bonchev–Trinajstić information content (AvgIpc) is 3.40. The van der Waals surface area contributed by atoms with Crippen molar-refractivity contribution in [2.75, 3.05) is 17.3 Å². The lowest BCUT2D eigenvalue weighted by molar-refractivity contribution is 0.0975. The van der Waals surface area contributed by atoms with E-state index >= 15 is 0 Å². The van der Waals surface area contributed by atoms with Gasteiger partial charge >= 0.3 is 0 Å². The minimum atomic E-state index is -0.189. The van der Waals surface area contributed by atoms with Crippen LogP contribution in [0.15, 0.2) is 54.6 Å². The Morgan fingerprint density at radius 1 is 1.12 bits per heavy atom. The molecule has 5 nitrogen and oxygen atoms in total. The van der Waals surface area contributed by atoms with Crippen LogP contribution in [0.4, 0.5) is 5.69 Å². The van der Waals surface area contributed by atoms with Gasteiger partial charge in [-0.1, -0.05) is 31.2 Å². The largest absolute Gasteiger partial charge is 0.507 e. The Hall–Kier alpha value is -3.31. The number of halogens is 1. The zero-order chi connectivity index (χ0) is 22.4. The van der Waals surface area contributed by atoms with Crippen LogP contribution in [0.3, 0.4) is 0 Å². The Kier molecular flexibility index (Phi) is 5.14. The van der Waals surface area contributed by atoms with Crippen LogP contribution in [0.2, 0.25) is 0 Å². The molecule has 0 fully saturated rings. The highest BCUT2D eigenvalue weighted by atomic mass is 35.5. The van der Waals surface area contributed by atoms with E-state index in [1.54, 1.807) is 23.1 Å².